The highest BCUT2D eigenvalue weighted by molar-refractivity contribution is 5.78. The summed E-state index contributed by atoms with van der Waals surface area (Å²) in [5, 5.41) is 9.72. The standard InChI is InChI=1S/C11H15N5O/c1-7-9(8(2)16-15-7)5-11(17)14-6-10-12-3-4-13-10/h3-4H,5-6H2,1-2H3,(H,12,13)(H,14,17)(H,15,16). The first kappa shape index (κ1) is 11.4. The molecule has 0 unspecified atom stereocenters. The van der Waals surface area contributed by atoms with E-state index in [9.17, 15) is 4.79 Å². The van der Waals surface area contributed by atoms with Crippen LogP contribution in [0.5, 0.6) is 0 Å². The van der Waals surface area contributed by atoms with Crippen molar-refractivity contribution in [3.63, 3.8) is 0 Å². The molecule has 2 aromatic rings. The van der Waals surface area contributed by atoms with Gasteiger partial charge in [-0.1, -0.05) is 0 Å². The van der Waals surface area contributed by atoms with Gasteiger partial charge >= 0.3 is 0 Å². The third kappa shape index (κ3) is 2.72. The Hall–Kier alpha value is -2.11. The molecular weight excluding hydrogens is 218 g/mol. The minimum absolute atomic E-state index is 0.0333. The molecule has 6 nitrogen and oxygen atoms in total. The van der Waals surface area contributed by atoms with Crippen molar-refractivity contribution in [2.75, 3.05) is 0 Å². The Balaban J connectivity index is 1.89. The van der Waals surface area contributed by atoms with Crippen LogP contribution in [0.3, 0.4) is 0 Å². The number of H-pyrrole nitrogens is 2. The zero-order valence-electron chi connectivity index (χ0n) is 9.87. The van der Waals surface area contributed by atoms with Crippen molar-refractivity contribution >= 4 is 5.91 Å². The summed E-state index contributed by atoms with van der Waals surface area (Å²) in [4.78, 5) is 18.7. The van der Waals surface area contributed by atoms with Gasteiger partial charge in [0.1, 0.15) is 5.82 Å². The molecule has 0 spiro atoms. The zero-order valence-corrected chi connectivity index (χ0v) is 9.87. The minimum atomic E-state index is -0.0333. The lowest BCUT2D eigenvalue weighted by Crippen LogP contribution is -2.25. The first-order valence-corrected chi connectivity index (χ1v) is 5.42. The van der Waals surface area contributed by atoms with Crippen molar-refractivity contribution in [2.24, 2.45) is 0 Å². The number of hydrogen-bond acceptors (Lipinski definition) is 3. The van der Waals surface area contributed by atoms with E-state index in [1.54, 1.807) is 12.4 Å². The van der Waals surface area contributed by atoms with Gasteiger partial charge in [-0.3, -0.25) is 9.89 Å². The molecule has 0 radical (unpaired) electrons. The lowest BCUT2D eigenvalue weighted by molar-refractivity contribution is -0.120. The van der Waals surface area contributed by atoms with Gasteiger partial charge in [-0.2, -0.15) is 5.10 Å². The van der Waals surface area contributed by atoms with E-state index in [1.807, 2.05) is 13.8 Å². The number of imidazole rings is 1. The largest absolute Gasteiger partial charge is 0.349 e. The summed E-state index contributed by atoms with van der Waals surface area (Å²) >= 11 is 0. The van der Waals surface area contributed by atoms with Crippen LogP contribution in [0, 0.1) is 13.8 Å². The number of nitrogens with zero attached hydrogens (tertiary/aromatic N) is 2. The highest BCUT2D eigenvalue weighted by atomic mass is 16.1. The van der Waals surface area contributed by atoms with E-state index in [0.29, 0.717) is 13.0 Å². The second-order valence-corrected chi connectivity index (χ2v) is 3.90. The van der Waals surface area contributed by atoms with Gasteiger partial charge in [-0.25, -0.2) is 4.98 Å². The van der Waals surface area contributed by atoms with Crippen LogP contribution in [0.4, 0.5) is 0 Å². The molecule has 2 rings (SSSR count). The van der Waals surface area contributed by atoms with E-state index in [4.69, 9.17) is 0 Å². The first-order valence-electron chi connectivity index (χ1n) is 5.42. The summed E-state index contributed by atoms with van der Waals surface area (Å²) in [5.74, 6) is 0.716. The molecule has 17 heavy (non-hydrogen) atoms. The number of hydrogen-bond donors (Lipinski definition) is 3. The fourth-order valence-electron chi connectivity index (χ4n) is 1.63. The third-order valence-corrected chi connectivity index (χ3v) is 2.63. The molecule has 0 bridgehead atoms. The number of carbonyl (C=O) groups excluding carboxylic acids is 1. The maximum absolute atomic E-state index is 11.7. The summed E-state index contributed by atoms with van der Waals surface area (Å²) in [6.45, 7) is 4.22. The normalized spacial score (nSPS) is 10.5. The van der Waals surface area contributed by atoms with Crippen molar-refractivity contribution in [1.29, 1.82) is 0 Å². The van der Waals surface area contributed by atoms with Crippen LogP contribution in [0.1, 0.15) is 22.8 Å². The van der Waals surface area contributed by atoms with Crippen LogP contribution in [-0.4, -0.2) is 26.1 Å². The van der Waals surface area contributed by atoms with Crippen molar-refractivity contribution in [3.8, 4) is 0 Å². The quantitative estimate of drug-likeness (QED) is 0.723. The lowest BCUT2D eigenvalue weighted by atomic mass is 10.1. The Bertz CT molecular complexity index is 480. The number of aromatic nitrogens is 4. The van der Waals surface area contributed by atoms with Gasteiger partial charge in [-0.15, -0.1) is 0 Å². The SMILES string of the molecule is Cc1n[nH]c(C)c1CC(=O)NCc1ncc[nH]1. The molecule has 0 fully saturated rings. The highest BCUT2D eigenvalue weighted by Crippen LogP contribution is 2.09. The molecule has 6 heteroatoms. The number of aryl methyl sites for hydroxylation is 2. The van der Waals surface area contributed by atoms with Crippen molar-refractivity contribution in [2.45, 2.75) is 26.8 Å². The first-order chi connectivity index (χ1) is 8.16. The molecule has 0 saturated carbocycles. The van der Waals surface area contributed by atoms with Crippen LogP contribution >= 0.6 is 0 Å². The second-order valence-electron chi connectivity index (χ2n) is 3.90. The monoisotopic (exact) mass is 233 g/mol. The molecule has 0 aliphatic heterocycles. The molecular formula is C11H15N5O. The van der Waals surface area contributed by atoms with Crippen molar-refractivity contribution < 1.29 is 4.79 Å². The maximum Gasteiger partial charge on any atom is 0.224 e. The van der Waals surface area contributed by atoms with E-state index in [1.165, 1.54) is 0 Å². The third-order valence-electron chi connectivity index (χ3n) is 2.63. The van der Waals surface area contributed by atoms with E-state index in [0.717, 1.165) is 22.8 Å². The number of amides is 1. The van der Waals surface area contributed by atoms with Gasteiger partial charge in [0.25, 0.3) is 0 Å². The fraction of sp³-hybridized carbons (Fsp3) is 0.364. The van der Waals surface area contributed by atoms with Gasteiger partial charge in [0.05, 0.1) is 18.7 Å². The number of aromatic amines is 2. The number of carbonyl (C=O) groups is 1. The van der Waals surface area contributed by atoms with E-state index < -0.39 is 0 Å². The minimum Gasteiger partial charge on any atom is -0.349 e. The molecule has 0 aliphatic rings. The second kappa shape index (κ2) is 4.82. The Morgan fingerprint density at radius 3 is 2.88 bits per heavy atom. The predicted molar refractivity (Wildman–Crippen MR) is 62.2 cm³/mol. The van der Waals surface area contributed by atoms with Gasteiger partial charge in [0.2, 0.25) is 5.91 Å². The average molecular weight is 233 g/mol. The topological polar surface area (TPSA) is 86.5 Å². The van der Waals surface area contributed by atoms with Crippen LogP contribution in [-0.2, 0) is 17.8 Å². The average Bonchev–Trinajstić information content (AvgIpc) is 2.91. The van der Waals surface area contributed by atoms with Crippen molar-refractivity contribution in [3.05, 3.63) is 35.2 Å². The number of nitrogens with one attached hydrogen (secondary N) is 3. The smallest absolute Gasteiger partial charge is 0.224 e. The Kier molecular flexibility index (Phi) is 3.22. The summed E-state index contributed by atoms with van der Waals surface area (Å²) in [6, 6.07) is 0. The predicted octanol–water partition coefficient (Wildman–Crippen LogP) is 0.609. The van der Waals surface area contributed by atoms with Gasteiger partial charge in [0.15, 0.2) is 0 Å². The van der Waals surface area contributed by atoms with Crippen LogP contribution in [0.25, 0.3) is 0 Å². The van der Waals surface area contributed by atoms with E-state index >= 15 is 0 Å². The lowest BCUT2D eigenvalue weighted by Gasteiger charge is -2.03. The summed E-state index contributed by atoms with van der Waals surface area (Å²) in [6.07, 6.45) is 3.73. The highest BCUT2D eigenvalue weighted by Gasteiger charge is 2.11. The van der Waals surface area contributed by atoms with Gasteiger partial charge in [-0.05, 0) is 13.8 Å². The van der Waals surface area contributed by atoms with Crippen LogP contribution in [0.2, 0.25) is 0 Å². The molecule has 3 N–H and O–H groups in total. The Labute approximate surface area is 98.9 Å². The molecule has 1 amide bonds. The van der Waals surface area contributed by atoms with Crippen molar-refractivity contribution in [1.82, 2.24) is 25.5 Å². The summed E-state index contributed by atoms with van der Waals surface area (Å²) in [7, 11) is 0. The zero-order chi connectivity index (χ0) is 12.3. The molecule has 2 heterocycles. The van der Waals surface area contributed by atoms with Gasteiger partial charge < -0.3 is 10.3 Å². The molecule has 0 atom stereocenters. The molecule has 0 saturated heterocycles. The van der Waals surface area contributed by atoms with E-state index in [-0.39, 0.29) is 5.91 Å². The Morgan fingerprint density at radius 2 is 2.29 bits per heavy atom. The molecule has 2 aromatic heterocycles. The van der Waals surface area contributed by atoms with Gasteiger partial charge in [0, 0.05) is 23.7 Å². The van der Waals surface area contributed by atoms with E-state index in [2.05, 4.69) is 25.5 Å². The van der Waals surface area contributed by atoms with Crippen LogP contribution < -0.4 is 5.32 Å². The number of rotatable bonds is 4. The van der Waals surface area contributed by atoms with Crippen LogP contribution in [0.15, 0.2) is 12.4 Å². The summed E-state index contributed by atoms with van der Waals surface area (Å²) < 4.78 is 0. The Morgan fingerprint density at radius 1 is 1.47 bits per heavy atom. The maximum atomic E-state index is 11.7. The summed E-state index contributed by atoms with van der Waals surface area (Å²) in [5.41, 5.74) is 2.77. The molecule has 0 aliphatic carbocycles. The molecule has 0 aromatic carbocycles. The molecule has 90 valence electrons. The fourth-order valence-corrected chi connectivity index (χ4v) is 1.63.